The standard InChI is InChI=1S/C22H22ClFN6O4/c1-12(15-5-3-4-6-16(15)23)34-21(33)27-19-18(28-29-30(19)2)17-8-7-13(11-25-17)26-20(32)22(24)9-14(31)10-22/h3-8,11-12,14,31H,9-10H2,1-2H3,(H,26,32)(H,27,33)/t12-,14-,22+/m1/s1. The number of hydrogen-bond donors (Lipinski definition) is 3. The summed E-state index contributed by atoms with van der Waals surface area (Å²) in [5.41, 5.74) is -0.518. The van der Waals surface area contributed by atoms with E-state index in [1.807, 2.05) is 0 Å². The average Bonchev–Trinajstić information content (AvgIpc) is 3.13. The number of aryl methyl sites for hydroxylation is 1. The molecule has 3 N–H and O–H groups in total. The van der Waals surface area contributed by atoms with Gasteiger partial charge in [0.1, 0.15) is 6.10 Å². The molecule has 4 rings (SSSR count). The molecule has 2 heterocycles. The van der Waals surface area contributed by atoms with Gasteiger partial charge in [-0.05, 0) is 25.1 Å². The molecule has 10 nitrogen and oxygen atoms in total. The molecule has 12 heteroatoms. The molecule has 0 unspecified atom stereocenters. The van der Waals surface area contributed by atoms with E-state index in [-0.39, 0.29) is 30.0 Å². The van der Waals surface area contributed by atoms with Gasteiger partial charge < -0.3 is 15.2 Å². The van der Waals surface area contributed by atoms with Gasteiger partial charge in [-0.2, -0.15) is 0 Å². The van der Waals surface area contributed by atoms with Crippen LogP contribution in [-0.4, -0.2) is 48.9 Å². The number of nitrogens with one attached hydrogen (secondary N) is 2. The Bertz CT molecular complexity index is 1210. The van der Waals surface area contributed by atoms with Crippen LogP contribution in [0, 0.1) is 0 Å². The predicted molar refractivity (Wildman–Crippen MR) is 122 cm³/mol. The summed E-state index contributed by atoms with van der Waals surface area (Å²) in [6.45, 7) is 1.70. The number of nitrogens with zero attached hydrogens (tertiary/aromatic N) is 4. The number of aliphatic hydroxyl groups is 1. The van der Waals surface area contributed by atoms with Gasteiger partial charge in [-0.3, -0.25) is 15.1 Å². The second kappa shape index (κ2) is 9.35. The fourth-order valence-corrected chi connectivity index (χ4v) is 3.84. The van der Waals surface area contributed by atoms with E-state index >= 15 is 0 Å². The highest BCUT2D eigenvalue weighted by Crippen LogP contribution is 2.37. The lowest BCUT2D eigenvalue weighted by Crippen LogP contribution is -2.52. The Hall–Kier alpha value is -3.57. The van der Waals surface area contributed by atoms with Crippen LogP contribution in [0.2, 0.25) is 5.02 Å². The molecular weight excluding hydrogens is 467 g/mol. The van der Waals surface area contributed by atoms with E-state index in [2.05, 4.69) is 25.9 Å². The maximum Gasteiger partial charge on any atom is 0.413 e. The molecular formula is C22H22ClFN6O4. The minimum atomic E-state index is -2.08. The number of aliphatic hydroxyl groups excluding tert-OH is 1. The summed E-state index contributed by atoms with van der Waals surface area (Å²) in [4.78, 5) is 28.8. The number of pyridine rings is 1. The van der Waals surface area contributed by atoms with Gasteiger partial charge in [-0.25, -0.2) is 13.9 Å². The highest BCUT2D eigenvalue weighted by atomic mass is 35.5. The first-order valence-electron chi connectivity index (χ1n) is 10.4. The molecule has 2 aromatic heterocycles. The first-order chi connectivity index (χ1) is 16.2. The third kappa shape index (κ3) is 4.85. The normalized spacial score (nSPS) is 20.2. The Morgan fingerprint density at radius 3 is 2.65 bits per heavy atom. The van der Waals surface area contributed by atoms with Crippen molar-refractivity contribution in [2.24, 2.45) is 7.05 Å². The molecule has 1 fully saturated rings. The SMILES string of the molecule is C[C@@H](OC(=O)Nc1c(-c2ccc(NC(=O)[C@]3(F)C[C@@H](O)C3)cn2)nnn1C)c1ccccc1Cl. The summed E-state index contributed by atoms with van der Waals surface area (Å²) in [7, 11) is 1.59. The summed E-state index contributed by atoms with van der Waals surface area (Å²) in [6, 6.07) is 10.1. The molecule has 0 spiro atoms. The first-order valence-corrected chi connectivity index (χ1v) is 10.8. The van der Waals surface area contributed by atoms with Crippen molar-refractivity contribution in [2.45, 2.75) is 37.6 Å². The van der Waals surface area contributed by atoms with E-state index in [1.54, 1.807) is 44.3 Å². The van der Waals surface area contributed by atoms with Crippen molar-refractivity contribution in [3.05, 3.63) is 53.2 Å². The number of ether oxygens (including phenoxy) is 1. The van der Waals surface area contributed by atoms with Gasteiger partial charge in [0.05, 0.1) is 23.7 Å². The number of carbonyl (C=O) groups excluding carboxylic acids is 2. The molecule has 1 aliphatic carbocycles. The molecule has 34 heavy (non-hydrogen) atoms. The molecule has 1 aromatic carbocycles. The summed E-state index contributed by atoms with van der Waals surface area (Å²) in [5.74, 6) is -0.587. The summed E-state index contributed by atoms with van der Waals surface area (Å²) in [5, 5.41) is 22.8. The fraction of sp³-hybridized carbons (Fsp3) is 0.318. The highest BCUT2D eigenvalue weighted by molar-refractivity contribution is 6.31. The van der Waals surface area contributed by atoms with E-state index in [9.17, 15) is 19.1 Å². The quantitative estimate of drug-likeness (QED) is 0.482. The fourth-order valence-electron chi connectivity index (χ4n) is 3.55. The molecule has 2 amide bonds. The minimum Gasteiger partial charge on any atom is -0.441 e. The summed E-state index contributed by atoms with van der Waals surface area (Å²) < 4.78 is 21.1. The van der Waals surface area contributed by atoms with Crippen LogP contribution in [-0.2, 0) is 16.6 Å². The molecule has 178 valence electrons. The molecule has 0 radical (unpaired) electrons. The lowest BCUT2D eigenvalue weighted by Gasteiger charge is -2.36. The molecule has 1 saturated carbocycles. The third-order valence-corrected chi connectivity index (χ3v) is 5.81. The van der Waals surface area contributed by atoms with Gasteiger partial charge in [-0.15, -0.1) is 5.10 Å². The van der Waals surface area contributed by atoms with Crippen LogP contribution < -0.4 is 10.6 Å². The number of amides is 2. The van der Waals surface area contributed by atoms with E-state index in [0.717, 1.165) is 0 Å². The maximum absolute atomic E-state index is 14.3. The Morgan fingerprint density at radius 2 is 2.00 bits per heavy atom. The number of halogens is 2. The van der Waals surface area contributed by atoms with Crippen molar-refractivity contribution < 1.29 is 23.8 Å². The number of carbonyl (C=O) groups is 2. The largest absolute Gasteiger partial charge is 0.441 e. The van der Waals surface area contributed by atoms with Crippen molar-refractivity contribution >= 4 is 35.1 Å². The van der Waals surface area contributed by atoms with E-state index in [0.29, 0.717) is 16.3 Å². The highest BCUT2D eigenvalue weighted by Gasteiger charge is 2.50. The maximum atomic E-state index is 14.3. The van der Waals surface area contributed by atoms with Crippen molar-refractivity contribution in [1.82, 2.24) is 20.0 Å². The van der Waals surface area contributed by atoms with E-state index in [4.69, 9.17) is 16.3 Å². The summed E-state index contributed by atoms with van der Waals surface area (Å²) >= 11 is 6.16. The predicted octanol–water partition coefficient (Wildman–Crippen LogP) is 3.64. The Labute approximate surface area is 199 Å². The van der Waals surface area contributed by atoms with E-state index in [1.165, 1.54) is 16.9 Å². The lowest BCUT2D eigenvalue weighted by molar-refractivity contribution is -0.142. The topological polar surface area (TPSA) is 131 Å². The Morgan fingerprint density at radius 1 is 1.26 bits per heavy atom. The van der Waals surface area contributed by atoms with Crippen molar-refractivity contribution in [1.29, 1.82) is 0 Å². The smallest absolute Gasteiger partial charge is 0.413 e. The van der Waals surface area contributed by atoms with Gasteiger partial charge >= 0.3 is 6.09 Å². The molecule has 1 atom stereocenters. The Kier molecular flexibility index (Phi) is 6.49. The molecule has 1 aliphatic rings. The zero-order valence-electron chi connectivity index (χ0n) is 18.3. The zero-order chi connectivity index (χ0) is 24.5. The second-order valence-corrected chi connectivity index (χ2v) is 8.43. The van der Waals surface area contributed by atoms with Gasteiger partial charge in [0.15, 0.2) is 17.2 Å². The molecule has 3 aromatic rings. The van der Waals surface area contributed by atoms with Crippen LogP contribution in [0.4, 0.5) is 20.7 Å². The van der Waals surface area contributed by atoms with Gasteiger partial charge in [0, 0.05) is 30.5 Å². The van der Waals surface area contributed by atoms with Crippen LogP contribution in [0.25, 0.3) is 11.4 Å². The second-order valence-electron chi connectivity index (χ2n) is 8.02. The number of hydrogen-bond acceptors (Lipinski definition) is 7. The Balaban J connectivity index is 1.43. The number of anilines is 2. The number of benzene rings is 1. The van der Waals surface area contributed by atoms with E-state index < -0.39 is 29.9 Å². The van der Waals surface area contributed by atoms with Gasteiger partial charge in [0.25, 0.3) is 5.91 Å². The van der Waals surface area contributed by atoms with Crippen LogP contribution >= 0.6 is 11.6 Å². The number of alkyl halides is 1. The average molecular weight is 489 g/mol. The zero-order valence-corrected chi connectivity index (χ0v) is 19.1. The lowest BCUT2D eigenvalue weighted by atomic mass is 9.78. The monoisotopic (exact) mass is 488 g/mol. The van der Waals surface area contributed by atoms with Crippen LogP contribution in [0.5, 0.6) is 0 Å². The van der Waals surface area contributed by atoms with Crippen molar-refractivity contribution in [3.8, 4) is 11.4 Å². The minimum absolute atomic E-state index is 0.232. The molecule has 0 aliphatic heterocycles. The number of aromatic nitrogens is 4. The van der Waals surface area contributed by atoms with Crippen LogP contribution in [0.3, 0.4) is 0 Å². The summed E-state index contributed by atoms with van der Waals surface area (Å²) in [6.07, 6.45) is -1.27. The number of rotatable bonds is 6. The molecule has 0 bridgehead atoms. The van der Waals surface area contributed by atoms with Crippen molar-refractivity contribution in [2.75, 3.05) is 10.6 Å². The first kappa shape index (κ1) is 23.6. The van der Waals surface area contributed by atoms with Crippen molar-refractivity contribution in [3.63, 3.8) is 0 Å². The van der Waals surface area contributed by atoms with Gasteiger partial charge in [0.2, 0.25) is 0 Å². The van der Waals surface area contributed by atoms with Crippen LogP contribution in [0.15, 0.2) is 42.6 Å². The third-order valence-electron chi connectivity index (χ3n) is 5.46. The van der Waals surface area contributed by atoms with Crippen LogP contribution in [0.1, 0.15) is 31.4 Å². The molecule has 0 saturated heterocycles. The van der Waals surface area contributed by atoms with Gasteiger partial charge in [-0.1, -0.05) is 35.0 Å².